The second-order valence-corrected chi connectivity index (χ2v) is 3.39. The third-order valence-corrected chi connectivity index (χ3v) is 1.54. The van der Waals surface area contributed by atoms with Gasteiger partial charge in [0.05, 0.1) is 20.6 Å². The molecule has 84 valence electrons. The molecule has 0 radical (unpaired) electrons. The molecule has 0 aliphatic rings. The maximum absolute atomic E-state index is 4.48. The summed E-state index contributed by atoms with van der Waals surface area (Å²) in [6, 6.07) is 0. The zero-order valence-electron chi connectivity index (χ0n) is 7.71. The summed E-state index contributed by atoms with van der Waals surface area (Å²) in [6.45, 7) is 0. The molecule has 0 fully saturated rings. The van der Waals surface area contributed by atoms with Crippen LogP contribution in [0.4, 0.5) is 0 Å². The van der Waals surface area contributed by atoms with Gasteiger partial charge in [-0.15, -0.1) is 0 Å². The summed E-state index contributed by atoms with van der Waals surface area (Å²) < 4.78 is 0. The number of rotatable bonds is 0. The molecule has 0 atom stereocenters. The van der Waals surface area contributed by atoms with Crippen molar-refractivity contribution in [2.45, 2.75) is 20.6 Å². The van der Waals surface area contributed by atoms with Gasteiger partial charge in [0, 0.05) is 0 Å². The second kappa shape index (κ2) is 8.62. The summed E-state index contributed by atoms with van der Waals surface area (Å²) >= 11 is 17.9. The van der Waals surface area contributed by atoms with E-state index in [-0.39, 0.29) is 44.5 Å². The van der Waals surface area contributed by atoms with E-state index < -0.39 is 0 Å². The van der Waals surface area contributed by atoms with Gasteiger partial charge in [-0.05, 0) is 0 Å². The summed E-state index contributed by atoms with van der Waals surface area (Å²) in [7, 11) is 0. The molecule has 0 aliphatic heterocycles. The Hall–Kier alpha value is -0.441. The number of aromatic nitrogens is 8. The topological polar surface area (TPSA) is 103 Å². The van der Waals surface area contributed by atoms with Crippen LogP contribution >= 0.6 is 0 Å². The second-order valence-electron chi connectivity index (χ2n) is 1.93. The van der Waals surface area contributed by atoms with Gasteiger partial charge < -0.3 is 50.5 Å². The Labute approximate surface area is 135 Å². The molecule has 0 saturated heterocycles. The van der Waals surface area contributed by atoms with Crippen molar-refractivity contribution < 1.29 is 0 Å². The van der Waals surface area contributed by atoms with Crippen molar-refractivity contribution >= 4 is 74.4 Å². The predicted octanol–water partition coefficient (Wildman–Crippen LogP) is -2.22. The third kappa shape index (κ3) is 7.48. The zero-order chi connectivity index (χ0) is 12.0. The van der Waals surface area contributed by atoms with Gasteiger partial charge in [0.2, 0.25) is 0 Å². The fraction of sp³-hybridized carbons (Fsp3) is 0. The molecule has 17 heavy (non-hydrogen) atoms. The van der Waals surface area contributed by atoms with Crippen LogP contribution in [0.5, 0.6) is 0 Å². The first-order chi connectivity index (χ1) is 7.58. The summed E-state index contributed by atoms with van der Waals surface area (Å²) in [6.07, 6.45) is 0. The standard InChI is InChI=1S/2C2H2N4S2.Sn/c2*7-1-3-5-2(8)6-4-1;/h2*(H,3,4,7)(H,5,6,8);/q;;+4/p-4. The molecule has 0 spiro atoms. The van der Waals surface area contributed by atoms with Gasteiger partial charge in [-0.3, -0.25) is 0 Å². The first-order valence-corrected chi connectivity index (χ1v) is 5.04. The van der Waals surface area contributed by atoms with Gasteiger partial charge in [0.25, 0.3) is 0 Å². The number of hydrogen-bond acceptors (Lipinski definition) is 12. The Morgan fingerprint density at radius 1 is 0.412 bits per heavy atom. The van der Waals surface area contributed by atoms with Crippen LogP contribution in [0.2, 0.25) is 0 Å². The molecule has 0 aromatic carbocycles. The van der Waals surface area contributed by atoms with Crippen molar-refractivity contribution in [2.75, 3.05) is 0 Å². The van der Waals surface area contributed by atoms with E-state index in [0.29, 0.717) is 0 Å². The van der Waals surface area contributed by atoms with Crippen LogP contribution in [0.25, 0.3) is 0 Å². The fourth-order valence-corrected chi connectivity index (χ4v) is 0.749. The smallest absolute Gasteiger partial charge is 0.736 e. The minimum Gasteiger partial charge on any atom is -0.736 e. The Bertz CT molecular complexity index is 351. The van der Waals surface area contributed by atoms with Crippen molar-refractivity contribution in [1.29, 1.82) is 0 Å². The molecule has 2 heterocycles. The van der Waals surface area contributed by atoms with E-state index in [9.17, 15) is 0 Å². The van der Waals surface area contributed by atoms with Crippen molar-refractivity contribution in [2.24, 2.45) is 0 Å². The Morgan fingerprint density at radius 3 is 0.647 bits per heavy atom. The molecule has 2 aromatic heterocycles. The van der Waals surface area contributed by atoms with E-state index in [2.05, 4.69) is 91.3 Å². The molecule has 0 saturated carbocycles. The molecule has 0 amide bonds. The van der Waals surface area contributed by atoms with Crippen LogP contribution < -0.4 is 0 Å². The van der Waals surface area contributed by atoms with Crippen LogP contribution in [0.15, 0.2) is 20.6 Å². The Kier molecular flexibility index (Phi) is 8.40. The largest absolute Gasteiger partial charge is 4.00 e. The van der Waals surface area contributed by atoms with E-state index in [0.717, 1.165) is 0 Å². The summed E-state index contributed by atoms with van der Waals surface area (Å²) in [4.78, 5) is 0. The molecule has 0 N–H and O–H groups in total. The summed E-state index contributed by atoms with van der Waals surface area (Å²) in [5, 5.41) is 27.4. The van der Waals surface area contributed by atoms with E-state index in [4.69, 9.17) is 0 Å². The molecule has 2 aromatic rings. The summed E-state index contributed by atoms with van der Waals surface area (Å²) in [5.41, 5.74) is 0. The monoisotopic (exact) mass is 408 g/mol. The van der Waals surface area contributed by atoms with Gasteiger partial charge in [0.1, 0.15) is 0 Å². The van der Waals surface area contributed by atoms with E-state index >= 15 is 0 Å². The summed E-state index contributed by atoms with van der Waals surface area (Å²) in [5.74, 6) is 0. The third-order valence-electron chi connectivity index (χ3n) is 0.884. The molecule has 8 nitrogen and oxygen atoms in total. The minimum atomic E-state index is 0. The molecule has 13 heteroatoms. The Balaban J connectivity index is 0.000000284. The molecular weight excluding hydrogens is 407 g/mol. The maximum Gasteiger partial charge on any atom is 4.00 e. The van der Waals surface area contributed by atoms with Crippen LogP contribution in [0, 0.1) is 0 Å². The maximum atomic E-state index is 4.48. The van der Waals surface area contributed by atoms with E-state index in [1.807, 2.05) is 0 Å². The molecule has 0 unspecified atom stereocenters. The zero-order valence-corrected chi connectivity index (χ0v) is 13.8. The average molecular weight is 407 g/mol. The van der Waals surface area contributed by atoms with E-state index in [1.165, 1.54) is 0 Å². The van der Waals surface area contributed by atoms with Crippen LogP contribution in [0.1, 0.15) is 0 Å². The first-order valence-electron chi connectivity index (χ1n) is 3.41. The van der Waals surface area contributed by atoms with Gasteiger partial charge in [0.15, 0.2) is 0 Å². The van der Waals surface area contributed by atoms with Gasteiger partial charge in [-0.1, -0.05) is 0 Å². The predicted molar refractivity (Wildman–Crippen MR) is 63.5 cm³/mol. The van der Waals surface area contributed by atoms with Crippen molar-refractivity contribution in [3.63, 3.8) is 0 Å². The molecule has 0 aliphatic carbocycles. The molecular formula is C4N8S4Sn. The minimum absolute atomic E-state index is 0. The van der Waals surface area contributed by atoms with Gasteiger partial charge >= 0.3 is 23.9 Å². The van der Waals surface area contributed by atoms with E-state index in [1.54, 1.807) is 0 Å². The normalized spacial score (nSPS) is 8.47. The fourth-order valence-electron chi connectivity index (χ4n) is 0.422. The van der Waals surface area contributed by atoms with Crippen LogP contribution in [-0.4, -0.2) is 64.7 Å². The molecule has 0 bridgehead atoms. The molecule has 2 rings (SSSR count). The SMILES string of the molecule is [S-]c1nnc([S-])nn1.[S-]c1nnc([S-])nn1.[Sn+4]. The van der Waals surface area contributed by atoms with Gasteiger partial charge in [-0.2, -0.15) is 40.8 Å². The van der Waals surface area contributed by atoms with Gasteiger partial charge in [-0.25, -0.2) is 0 Å². The van der Waals surface area contributed by atoms with Crippen LogP contribution in [0.3, 0.4) is 0 Å². The van der Waals surface area contributed by atoms with Crippen molar-refractivity contribution in [3.05, 3.63) is 0 Å². The average Bonchev–Trinajstić information content (AvgIpc) is 2.28. The number of hydrogen-bond donors (Lipinski definition) is 0. The quantitative estimate of drug-likeness (QED) is 0.349. The van der Waals surface area contributed by atoms with Crippen molar-refractivity contribution in [1.82, 2.24) is 40.8 Å². The Morgan fingerprint density at radius 2 is 0.529 bits per heavy atom. The number of nitrogens with zero attached hydrogens (tertiary/aromatic N) is 8. The van der Waals surface area contributed by atoms with Crippen molar-refractivity contribution in [3.8, 4) is 0 Å². The van der Waals surface area contributed by atoms with Crippen LogP contribution in [-0.2, 0) is 50.5 Å². The first kappa shape index (κ1) is 16.6.